The van der Waals surface area contributed by atoms with E-state index >= 15 is 0 Å². The van der Waals surface area contributed by atoms with Crippen LogP contribution in [-0.2, 0) is 35.6 Å². The summed E-state index contributed by atoms with van der Waals surface area (Å²) in [5, 5.41) is 5.08. The van der Waals surface area contributed by atoms with Crippen LogP contribution in [0.4, 0.5) is 4.79 Å². The minimum absolute atomic E-state index is 0.0272. The highest BCUT2D eigenvalue weighted by Crippen LogP contribution is 2.75. The Kier molecular flexibility index (Phi) is 9.08. The van der Waals surface area contributed by atoms with Crippen LogP contribution in [0.1, 0.15) is 84.3 Å². The smallest absolute Gasteiger partial charge is 0.408 e. The molecule has 4 saturated carbocycles. The van der Waals surface area contributed by atoms with Gasteiger partial charge in [-0.15, -0.1) is 6.58 Å². The lowest BCUT2D eigenvalue weighted by Crippen LogP contribution is -2.70. The van der Waals surface area contributed by atoms with Crippen LogP contribution >= 0.6 is 0 Å². The van der Waals surface area contributed by atoms with Crippen LogP contribution in [0.25, 0.3) is 11.0 Å². The van der Waals surface area contributed by atoms with Crippen molar-refractivity contribution >= 4 is 44.9 Å². The van der Waals surface area contributed by atoms with Crippen molar-refractivity contribution < 1.29 is 41.8 Å². The molecule has 5 fully saturated rings. The average molecular weight is 779 g/mol. The molecule has 1 aromatic carbocycles. The SMILES string of the molecule is C=CC1CCC1(NC(=O)C1CC2CN1C(=O)C(C(C)(C)C)NC(=O)OC13CC1C3CCCCc1nc3ccc(OC)cc3nc1O2)C(=O)NS(=O)(=O)C1CC1. The van der Waals surface area contributed by atoms with E-state index in [0.29, 0.717) is 60.0 Å². The highest BCUT2D eigenvalue weighted by molar-refractivity contribution is 7.91. The molecule has 8 atom stereocenters. The van der Waals surface area contributed by atoms with Gasteiger partial charge in [-0.1, -0.05) is 33.3 Å². The molecule has 4 amide bonds. The van der Waals surface area contributed by atoms with Crippen molar-refractivity contribution in [3.8, 4) is 11.6 Å². The van der Waals surface area contributed by atoms with Gasteiger partial charge in [0, 0.05) is 30.2 Å². The van der Waals surface area contributed by atoms with Crippen molar-refractivity contribution in [2.45, 2.75) is 120 Å². The summed E-state index contributed by atoms with van der Waals surface area (Å²) in [5.74, 6) is -1.04. The number of rotatable bonds is 7. The lowest BCUT2D eigenvalue weighted by Gasteiger charge is -2.47. The van der Waals surface area contributed by atoms with Gasteiger partial charge in [0.05, 0.1) is 29.9 Å². The second-order valence-electron chi connectivity index (χ2n) is 17.3. The number of aromatic nitrogens is 2. The van der Waals surface area contributed by atoms with Gasteiger partial charge < -0.3 is 29.7 Å². The van der Waals surface area contributed by atoms with E-state index in [2.05, 4.69) is 21.9 Å². The Morgan fingerprint density at radius 1 is 1.09 bits per heavy atom. The van der Waals surface area contributed by atoms with Crippen LogP contribution in [0.2, 0.25) is 0 Å². The summed E-state index contributed by atoms with van der Waals surface area (Å²) in [5.41, 5.74) is -0.977. The Bertz CT molecular complexity index is 2070. The number of hydrogen-bond donors (Lipinski definition) is 3. The minimum Gasteiger partial charge on any atom is -0.497 e. The maximum absolute atomic E-state index is 14.7. The molecule has 1 aromatic heterocycles. The highest BCUT2D eigenvalue weighted by atomic mass is 32.2. The molecule has 1 saturated heterocycles. The van der Waals surface area contributed by atoms with E-state index in [-0.39, 0.29) is 25.3 Å². The molecule has 296 valence electrons. The number of ether oxygens (including phenoxy) is 3. The predicted molar refractivity (Wildman–Crippen MR) is 199 cm³/mol. The molecule has 3 N–H and O–H groups in total. The summed E-state index contributed by atoms with van der Waals surface area (Å²) in [4.78, 5) is 67.6. The lowest BCUT2D eigenvalue weighted by molar-refractivity contribution is -0.145. The van der Waals surface area contributed by atoms with Crippen molar-refractivity contribution in [1.82, 2.24) is 30.2 Å². The molecule has 3 heterocycles. The third-order valence-corrected chi connectivity index (χ3v) is 14.4. The standard InChI is InChI=1S/C39H50N6O9S/c1-6-21-15-16-38(21,35(48)44-55(50,51)24-12-13-24)43-32(46)30-18-23-20-45(30)34(47)31(37(2,3)4)42-36(49)54-39-19-26(39)25(39)9-7-8-10-28-33(53-23)41-29-17-22(52-5)11-14-27(29)40-28/h6,11,14,17,21,23-26,30-31H,1,7-10,12-13,15-16,18-20H2,2-5H3,(H,42,49)(H,43,46)(H,44,48). The Morgan fingerprint density at radius 2 is 1.87 bits per heavy atom. The third kappa shape index (κ3) is 6.77. The Hall–Kier alpha value is -4.47. The van der Waals surface area contributed by atoms with Crippen LogP contribution < -0.4 is 24.8 Å². The number of carbonyl (C=O) groups is 4. The number of methoxy groups -OCH3 is 1. The molecule has 16 heteroatoms. The molecule has 0 radical (unpaired) electrons. The summed E-state index contributed by atoms with van der Waals surface area (Å²) in [6.45, 7) is 9.28. The topological polar surface area (TPSA) is 195 Å². The highest BCUT2D eigenvalue weighted by Gasteiger charge is 2.82. The van der Waals surface area contributed by atoms with Gasteiger partial charge in [-0.05, 0) is 68.9 Å². The first kappa shape index (κ1) is 37.5. The molecule has 6 aliphatic rings. The summed E-state index contributed by atoms with van der Waals surface area (Å²) in [6.07, 6.45) is 5.76. The Balaban J connectivity index is 1.13. The number of nitrogens with zero attached hydrogens (tertiary/aromatic N) is 3. The van der Waals surface area contributed by atoms with Crippen molar-refractivity contribution in [3.05, 3.63) is 36.5 Å². The maximum atomic E-state index is 14.7. The zero-order valence-electron chi connectivity index (χ0n) is 31.8. The fourth-order valence-corrected chi connectivity index (χ4v) is 10.2. The zero-order valence-corrected chi connectivity index (χ0v) is 32.6. The third-order valence-electron chi connectivity index (χ3n) is 12.6. The minimum atomic E-state index is -3.92. The second kappa shape index (κ2) is 13.3. The normalized spacial score (nSPS) is 33.2. The van der Waals surface area contributed by atoms with Gasteiger partial charge in [-0.3, -0.25) is 19.1 Å². The average Bonchev–Trinajstić information content (AvgIpc) is 4.07. The number of sulfonamides is 1. The number of benzene rings is 1. The lowest BCUT2D eigenvalue weighted by atomic mass is 9.66. The van der Waals surface area contributed by atoms with Gasteiger partial charge in [-0.2, -0.15) is 0 Å². The monoisotopic (exact) mass is 778 g/mol. The van der Waals surface area contributed by atoms with Gasteiger partial charge in [0.1, 0.15) is 40.8 Å². The quantitative estimate of drug-likeness (QED) is 0.349. The number of aryl methyl sites for hydroxylation is 1. The van der Waals surface area contributed by atoms with Crippen molar-refractivity contribution in [1.29, 1.82) is 0 Å². The van der Waals surface area contributed by atoms with Crippen molar-refractivity contribution in [2.24, 2.45) is 23.2 Å². The van der Waals surface area contributed by atoms with Gasteiger partial charge in [-0.25, -0.2) is 23.2 Å². The van der Waals surface area contributed by atoms with Gasteiger partial charge in [0.15, 0.2) is 0 Å². The fourth-order valence-electron chi connectivity index (χ4n) is 8.79. The molecule has 8 unspecified atom stereocenters. The van der Waals surface area contributed by atoms with Crippen LogP contribution in [0.15, 0.2) is 30.9 Å². The molecule has 8 rings (SSSR count). The maximum Gasteiger partial charge on any atom is 0.408 e. The van der Waals surface area contributed by atoms with E-state index in [1.54, 1.807) is 19.3 Å². The summed E-state index contributed by atoms with van der Waals surface area (Å²) in [7, 11) is -2.35. The number of fused-ring (bicyclic) bond motifs is 5. The predicted octanol–water partition coefficient (Wildman–Crippen LogP) is 3.30. The van der Waals surface area contributed by atoms with E-state index in [4.69, 9.17) is 24.2 Å². The largest absolute Gasteiger partial charge is 0.497 e. The summed E-state index contributed by atoms with van der Waals surface area (Å²) < 4.78 is 45.9. The van der Waals surface area contributed by atoms with E-state index in [1.807, 2.05) is 32.9 Å². The molecule has 2 aliphatic heterocycles. The first-order valence-electron chi connectivity index (χ1n) is 19.4. The van der Waals surface area contributed by atoms with Crippen LogP contribution in [0.3, 0.4) is 0 Å². The Morgan fingerprint density at radius 3 is 2.53 bits per heavy atom. The second-order valence-corrected chi connectivity index (χ2v) is 19.2. The number of nitrogens with one attached hydrogen (secondary N) is 3. The van der Waals surface area contributed by atoms with Crippen molar-refractivity contribution in [2.75, 3.05) is 13.7 Å². The van der Waals surface area contributed by atoms with E-state index in [1.165, 1.54) is 4.90 Å². The van der Waals surface area contributed by atoms with E-state index in [0.717, 1.165) is 25.7 Å². The first-order valence-corrected chi connectivity index (χ1v) is 20.9. The fraction of sp³-hybridized carbons (Fsp3) is 0.641. The molecule has 4 aliphatic carbocycles. The molecule has 1 spiro atoms. The van der Waals surface area contributed by atoms with Gasteiger partial charge in [0.25, 0.3) is 5.91 Å². The van der Waals surface area contributed by atoms with Crippen LogP contribution in [0, 0.1) is 23.2 Å². The van der Waals surface area contributed by atoms with E-state index < -0.39 is 79.7 Å². The summed E-state index contributed by atoms with van der Waals surface area (Å²) in [6, 6.07) is 3.21. The molecular weight excluding hydrogens is 729 g/mol. The number of amides is 4. The first-order chi connectivity index (χ1) is 26.1. The number of carbonyl (C=O) groups excluding carboxylic acids is 4. The molecule has 15 nitrogen and oxygen atoms in total. The molecule has 2 aromatic rings. The number of alkyl carbamates (subject to hydrolysis) is 1. The number of hydrogen-bond acceptors (Lipinski definition) is 11. The van der Waals surface area contributed by atoms with Crippen molar-refractivity contribution in [3.63, 3.8) is 0 Å². The summed E-state index contributed by atoms with van der Waals surface area (Å²) >= 11 is 0. The van der Waals surface area contributed by atoms with Crippen LogP contribution in [0.5, 0.6) is 11.6 Å². The zero-order chi connectivity index (χ0) is 39.1. The molecule has 2 bridgehead atoms. The van der Waals surface area contributed by atoms with E-state index in [9.17, 15) is 27.6 Å². The van der Waals surface area contributed by atoms with Gasteiger partial charge in [0.2, 0.25) is 27.7 Å². The van der Waals surface area contributed by atoms with Gasteiger partial charge >= 0.3 is 6.09 Å². The molecule has 55 heavy (non-hydrogen) atoms. The van der Waals surface area contributed by atoms with Crippen LogP contribution in [-0.4, -0.2) is 95.3 Å². The Labute approximate surface area is 320 Å². The molecular formula is C39H50N6O9S.